The van der Waals surface area contributed by atoms with Crippen molar-refractivity contribution < 1.29 is 22.6 Å². The minimum absolute atomic E-state index is 0.0670. The molecule has 3 nitrogen and oxygen atoms in total. The smallest absolute Gasteiger partial charge is 0.416 e. The van der Waals surface area contributed by atoms with E-state index in [1.807, 2.05) is 12.1 Å². The van der Waals surface area contributed by atoms with Gasteiger partial charge in [0.1, 0.15) is 11.5 Å². The van der Waals surface area contributed by atoms with Crippen molar-refractivity contribution in [2.45, 2.75) is 18.5 Å². The number of alkyl halides is 3. The van der Waals surface area contributed by atoms with Crippen LogP contribution in [-0.2, 0) is 12.6 Å². The van der Waals surface area contributed by atoms with Crippen LogP contribution in [0.5, 0.6) is 11.5 Å². The first kappa shape index (κ1) is 18.1. The van der Waals surface area contributed by atoms with Crippen molar-refractivity contribution >= 4 is 0 Å². The summed E-state index contributed by atoms with van der Waals surface area (Å²) in [5.74, 6) is 1.25. The topological polar surface area (TPSA) is 44.5 Å². The van der Waals surface area contributed by atoms with Gasteiger partial charge in [0, 0.05) is 12.0 Å². The molecule has 0 amide bonds. The second-order valence-electron chi connectivity index (χ2n) is 5.44. The molecule has 0 aliphatic rings. The highest BCUT2D eigenvalue weighted by atomic mass is 19.4. The third-order valence-electron chi connectivity index (χ3n) is 3.93. The van der Waals surface area contributed by atoms with Crippen molar-refractivity contribution in [2.75, 3.05) is 20.8 Å². The molecule has 2 aromatic rings. The number of rotatable bonds is 6. The fourth-order valence-corrected chi connectivity index (χ4v) is 2.59. The minimum atomic E-state index is -4.33. The van der Waals surface area contributed by atoms with E-state index in [9.17, 15) is 13.2 Å². The fraction of sp³-hybridized carbons (Fsp3) is 0.333. The van der Waals surface area contributed by atoms with Crippen molar-refractivity contribution in [2.24, 2.45) is 5.73 Å². The highest BCUT2D eigenvalue weighted by Gasteiger charge is 2.30. The second kappa shape index (κ2) is 7.57. The molecule has 0 saturated heterocycles. The Bertz CT molecular complexity index is 669. The summed E-state index contributed by atoms with van der Waals surface area (Å²) in [5, 5.41) is 0. The maximum absolute atomic E-state index is 12.6. The molecule has 2 aromatic carbocycles. The van der Waals surface area contributed by atoms with E-state index in [4.69, 9.17) is 15.2 Å². The fourth-order valence-electron chi connectivity index (χ4n) is 2.59. The normalized spacial score (nSPS) is 12.8. The molecule has 2 rings (SSSR count). The summed E-state index contributed by atoms with van der Waals surface area (Å²) < 4.78 is 48.5. The third kappa shape index (κ3) is 4.20. The SMILES string of the molecule is COc1ccc(C(CN)Cc2ccc(C(F)(F)F)cc2)c(OC)c1. The molecule has 0 aliphatic heterocycles. The predicted molar refractivity (Wildman–Crippen MR) is 86.5 cm³/mol. The standard InChI is InChI=1S/C18H20F3NO2/c1-23-15-7-8-16(17(10-15)24-2)13(11-22)9-12-3-5-14(6-4-12)18(19,20)21/h3-8,10,13H,9,11,22H2,1-2H3. The number of ether oxygens (including phenoxy) is 2. The van der Waals surface area contributed by atoms with Crippen LogP contribution in [0.2, 0.25) is 0 Å². The van der Waals surface area contributed by atoms with Gasteiger partial charge >= 0.3 is 6.18 Å². The van der Waals surface area contributed by atoms with Crippen LogP contribution >= 0.6 is 0 Å². The Morgan fingerprint density at radius 1 is 1.00 bits per heavy atom. The molecular weight excluding hydrogens is 319 g/mol. The summed E-state index contributed by atoms with van der Waals surface area (Å²) >= 11 is 0. The second-order valence-corrected chi connectivity index (χ2v) is 5.44. The molecule has 24 heavy (non-hydrogen) atoms. The van der Waals surface area contributed by atoms with E-state index in [2.05, 4.69) is 0 Å². The Kier molecular flexibility index (Phi) is 5.72. The maximum Gasteiger partial charge on any atom is 0.416 e. The first-order valence-corrected chi connectivity index (χ1v) is 7.47. The summed E-state index contributed by atoms with van der Waals surface area (Å²) in [5.41, 5.74) is 6.92. The predicted octanol–water partition coefficient (Wildman–Crippen LogP) is 4.01. The maximum atomic E-state index is 12.6. The molecule has 2 N–H and O–H groups in total. The van der Waals surface area contributed by atoms with Gasteiger partial charge in [-0.3, -0.25) is 0 Å². The van der Waals surface area contributed by atoms with Crippen LogP contribution in [0, 0.1) is 0 Å². The molecular formula is C18H20F3NO2. The molecule has 0 saturated carbocycles. The average molecular weight is 339 g/mol. The van der Waals surface area contributed by atoms with Gasteiger partial charge in [-0.25, -0.2) is 0 Å². The molecule has 1 atom stereocenters. The van der Waals surface area contributed by atoms with Crippen molar-refractivity contribution in [3.63, 3.8) is 0 Å². The molecule has 0 aromatic heterocycles. The van der Waals surface area contributed by atoms with Crippen LogP contribution in [0.3, 0.4) is 0 Å². The summed E-state index contributed by atoms with van der Waals surface area (Å²) in [6.45, 7) is 0.351. The Morgan fingerprint density at radius 3 is 2.17 bits per heavy atom. The number of hydrogen-bond acceptors (Lipinski definition) is 3. The van der Waals surface area contributed by atoms with Gasteiger partial charge in [0.15, 0.2) is 0 Å². The highest BCUT2D eigenvalue weighted by Crippen LogP contribution is 2.33. The lowest BCUT2D eigenvalue weighted by Crippen LogP contribution is -2.16. The lowest BCUT2D eigenvalue weighted by molar-refractivity contribution is -0.137. The zero-order valence-electron chi connectivity index (χ0n) is 13.6. The Labute approximate surface area is 139 Å². The van der Waals surface area contributed by atoms with E-state index in [-0.39, 0.29) is 5.92 Å². The summed E-state index contributed by atoms with van der Waals surface area (Å²) in [4.78, 5) is 0. The summed E-state index contributed by atoms with van der Waals surface area (Å²) in [7, 11) is 3.13. The number of halogens is 3. The van der Waals surface area contributed by atoms with Gasteiger partial charge < -0.3 is 15.2 Å². The lowest BCUT2D eigenvalue weighted by atomic mass is 9.91. The number of methoxy groups -OCH3 is 2. The van der Waals surface area contributed by atoms with Gasteiger partial charge in [-0.1, -0.05) is 18.2 Å². The molecule has 0 spiro atoms. The molecule has 6 heteroatoms. The van der Waals surface area contributed by atoms with Crippen LogP contribution in [0.1, 0.15) is 22.6 Å². The van der Waals surface area contributed by atoms with Crippen LogP contribution in [0.25, 0.3) is 0 Å². The van der Waals surface area contributed by atoms with E-state index in [1.165, 1.54) is 12.1 Å². The lowest BCUT2D eigenvalue weighted by Gasteiger charge is -2.19. The van der Waals surface area contributed by atoms with Crippen molar-refractivity contribution in [1.82, 2.24) is 0 Å². The molecule has 1 unspecified atom stereocenters. The average Bonchev–Trinajstić information content (AvgIpc) is 2.58. The van der Waals surface area contributed by atoms with E-state index >= 15 is 0 Å². The number of hydrogen-bond donors (Lipinski definition) is 1. The Balaban J connectivity index is 2.23. The van der Waals surface area contributed by atoms with Gasteiger partial charge in [-0.15, -0.1) is 0 Å². The minimum Gasteiger partial charge on any atom is -0.497 e. The molecule has 0 radical (unpaired) electrons. The van der Waals surface area contributed by atoms with E-state index in [1.54, 1.807) is 20.3 Å². The van der Waals surface area contributed by atoms with E-state index < -0.39 is 11.7 Å². The van der Waals surface area contributed by atoms with Crippen molar-refractivity contribution in [3.05, 3.63) is 59.2 Å². The van der Waals surface area contributed by atoms with Crippen LogP contribution in [0.15, 0.2) is 42.5 Å². The zero-order chi connectivity index (χ0) is 17.7. The molecule has 0 heterocycles. The van der Waals surface area contributed by atoms with Gasteiger partial charge in [0.25, 0.3) is 0 Å². The first-order valence-electron chi connectivity index (χ1n) is 7.47. The zero-order valence-corrected chi connectivity index (χ0v) is 13.6. The number of benzene rings is 2. The van der Waals surface area contributed by atoms with Gasteiger partial charge in [-0.2, -0.15) is 13.2 Å². The largest absolute Gasteiger partial charge is 0.497 e. The molecule has 130 valence electrons. The van der Waals surface area contributed by atoms with Gasteiger partial charge in [0.2, 0.25) is 0 Å². The van der Waals surface area contributed by atoms with Crippen LogP contribution < -0.4 is 15.2 Å². The molecule has 0 aliphatic carbocycles. The third-order valence-corrected chi connectivity index (χ3v) is 3.93. The molecule has 0 bridgehead atoms. The highest BCUT2D eigenvalue weighted by molar-refractivity contribution is 5.43. The Morgan fingerprint density at radius 2 is 1.67 bits per heavy atom. The Hall–Kier alpha value is -2.21. The van der Waals surface area contributed by atoms with E-state index in [0.717, 1.165) is 23.3 Å². The summed E-state index contributed by atoms with van der Waals surface area (Å²) in [6, 6.07) is 10.6. The first-order chi connectivity index (χ1) is 11.4. The van der Waals surface area contributed by atoms with E-state index in [0.29, 0.717) is 24.5 Å². The van der Waals surface area contributed by atoms with Gasteiger partial charge in [0.05, 0.1) is 19.8 Å². The summed E-state index contributed by atoms with van der Waals surface area (Å²) in [6.07, 6.45) is -3.80. The van der Waals surface area contributed by atoms with Crippen molar-refractivity contribution in [1.29, 1.82) is 0 Å². The van der Waals surface area contributed by atoms with Crippen LogP contribution in [-0.4, -0.2) is 20.8 Å². The van der Waals surface area contributed by atoms with Crippen molar-refractivity contribution in [3.8, 4) is 11.5 Å². The number of nitrogens with two attached hydrogens (primary N) is 1. The quantitative estimate of drug-likeness (QED) is 0.865. The monoisotopic (exact) mass is 339 g/mol. The molecule has 0 fully saturated rings. The van der Waals surface area contributed by atoms with Crippen LogP contribution in [0.4, 0.5) is 13.2 Å². The van der Waals surface area contributed by atoms with Gasteiger partial charge in [-0.05, 0) is 42.3 Å².